The van der Waals surface area contributed by atoms with Crippen molar-refractivity contribution in [1.82, 2.24) is 15.1 Å². The lowest BCUT2D eigenvalue weighted by Crippen LogP contribution is -2.26. The third-order valence-electron chi connectivity index (χ3n) is 3.09. The largest absolute Gasteiger partial charge is 0.349 e. The number of hydrogen-bond acceptors (Lipinski definition) is 2. The molecule has 1 aromatic rings. The highest BCUT2D eigenvalue weighted by atomic mass is 19.3. The molecule has 0 unspecified atom stereocenters. The van der Waals surface area contributed by atoms with Gasteiger partial charge in [0.05, 0.1) is 17.8 Å². The fourth-order valence-electron chi connectivity index (χ4n) is 1.87. The fraction of sp³-hybridized carbons (Fsp3) is 0.636. The zero-order valence-corrected chi connectivity index (χ0v) is 9.20. The van der Waals surface area contributed by atoms with Crippen molar-refractivity contribution in [2.45, 2.75) is 44.2 Å². The zero-order valence-electron chi connectivity index (χ0n) is 9.20. The van der Waals surface area contributed by atoms with E-state index in [1.807, 2.05) is 0 Å². The standard InChI is InChI=1S/C11H13F2N3O/c12-10(13)9-8(11(17)15-6-1-2-6)5-14-16(9)7-3-4-7/h5-7,10H,1-4H2,(H,15,17). The number of amides is 1. The minimum atomic E-state index is -2.65. The SMILES string of the molecule is O=C(NC1CC1)c1cnn(C2CC2)c1C(F)F. The molecule has 17 heavy (non-hydrogen) atoms. The maximum Gasteiger partial charge on any atom is 0.280 e. The topological polar surface area (TPSA) is 46.9 Å². The molecule has 0 atom stereocenters. The van der Waals surface area contributed by atoms with Gasteiger partial charge >= 0.3 is 0 Å². The smallest absolute Gasteiger partial charge is 0.280 e. The van der Waals surface area contributed by atoms with Gasteiger partial charge < -0.3 is 5.32 Å². The van der Waals surface area contributed by atoms with Crippen LogP contribution in [0.15, 0.2) is 6.20 Å². The molecule has 0 radical (unpaired) electrons. The molecule has 0 spiro atoms. The highest BCUT2D eigenvalue weighted by Crippen LogP contribution is 2.38. The van der Waals surface area contributed by atoms with E-state index in [9.17, 15) is 13.6 Å². The van der Waals surface area contributed by atoms with E-state index in [4.69, 9.17) is 0 Å². The van der Waals surface area contributed by atoms with Crippen LogP contribution >= 0.6 is 0 Å². The predicted octanol–water partition coefficient (Wildman–Crippen LogP) is 2.05. The first-order valence-corrected chi connectivity index (χ1v) is 5.83. The monoisotopic (exact) mass is 241 g/mol. The maximum atomic E-state index is 13.0. The molecule has 2 saturated carbocycles. The Hall–Kier alpha value is -1.46. The minimum absolute atomic E-state index is 0.0267. The summed E-state index contributed by atoms with van der Waals surface area (Å²) in [6.45, 7) is 0. The van der Waals surface area contributed by atoms with Gasteiger partial charge in [-0.15, -0.1) is 0 Å². The van der Waals surface area contributed by atoms with Crippen LogP contribution in [0, 0.1) is 0 Å². The number of nitrogens with one attached hydrogen (secondary N) is 1. The van der Waals surface area contributed by atoms with E-state index < -0.39 is 12.3 Å². The average molecular weight is 241 g/mol. The highest BCUT2D eigenvalue weighted by Gasteiger charge is 2.34. The van der Waals surface area contributed by atoms with Gasteiger partial charge in [0.15, 0.2) is 0 Å². The van der Waals surface area contributed by atoms with Crippen molar-refractivity contribution in [3.8, 4) is 0 Å². The Morgan fingerprint density at radius 2 is 2.12 bits per heavy atom. The first-order chi connectivity index (χ1) is 8.16. The number of nitrogens with zero attached hydrogens (tertiary/aromatic N) is 2. The van der Waals surface area contributed by atoms with Crippen molar-refractivity contribution < 1.29 is 13.6 Å². The average Bonchev–Trinajstić information content (AvgIpc) is 3.18. The summed E-state index contributed by atoms with van der Waals surface area (Å²) in [7, 11) is 0. The highest BCUT2D eigenvalue weighted by molar-refractivity contribution is 5.95. The summed E-state index contributed by atoms with van der Waals surface area (Å²) < 4.78 is 27.3. The lowest BCUT2D eigenvalue weighted by atomic mass is 10.2. The van der Waals surface area contributed by atoms with Crippen LogP contribution in [0.1, 0.15) is 54.2 Å². The maximum absolute atomic E-state index is 13.0. The summed E-state index contributed by atoms with van der Waals surface area (Å²) in [4.78, 5) is 11.8. The molecule has 2 fully saturated rings. The number of halogens is 2. The van der Waals surface area contributed by atoms with E-state index in [1.165, 1.54) is 10.9 Å². The lowest BCUT2D eigenvalue weighted by molar-refractivity contribution is 0.0933. The molecule has 3 rings (SSSR count). The molecule has 1 N–H and O–H groups in total. The van der Waals surface area contributed by atoms with Gasteiger partial charge in [-0.2, -0.15) is 5.10 Å². The Bertz CT molecular complexity index is 450. The minimum Gasteiger partial charge on any atom is -0.349 e. The Kier molecular flexibility index (Phi) is 2.38. The van der Waals surface area contributed by atoms with Crippen molar-refractivity contribution in [3.63, 3.8) is 0 Å². The molecule has 4 nitrogen and oxygen atoms in total. The second-order valence-electron chi connectivity index (χ2n) is 4.67. The van der Waals surface area contributed by atoms with Gasteiger partial charge in [0.1, 0.15) is 5.69 Å². The number of rotatable bonds is 4. The van der Waals surface area contributed by atoms with Crippen molar-refractivity contribution >= 4 is 5.91 Å². The number of alkyl halides is 2. The molecule has 1 heterocycles. The summed E-state index contributed by atoms with van der Waals surface area (Å²) in [5, 5.41) is 6.64. The van der Waals surface area contributed by atoms with Crippen molar-refractivity contribution in [3.05, 3.63) is 17.5 Å². The van der Waals surface area contributed by atoms with Gasteiger partial charge in [0.25, 0.3) is 12.3 Å². The molecule has 1 amide bonds. The van der Waals surface area contributed by atoms with Crippen LogP contribution in [-0.4, -0.2) is 21.7 Å². The molecule has 92 valence electrons. The first kappa shape index (κ1) is 10.7. The third-order valence-corrected chi connectivity index (χ3v) is 3.09. The van der Waals surface area contributed by atoms with Gasteiger partial charge in [-0.05, 0) is 25.7 Å². The van der Waals surface area contributed by atoms with E-state index in [2.05, 4.69) is 10.4 Å². The number of carbonyl (C=O) groups is 1. The summed E-state index contributed by atoms with van der Waals surface area (Å²) in [5.41, 5.74) is -0.204. The molecule has 0 aliphatic heterocycles. The summed E-state index contributed by atoms with van der Waals surface area (Å²) in [6.07, 6.45) is 2.21. The molecule has 2 aliphatic rings. The lowest BCUT2D eigenvalue weighted by Gasteiger charge is -2.07. The molecular weight excluding hydrogens is 228 g/mol. The second kappa shape index (κ2) is 3.78. The van der Waals surface area contributed by atoms with Crippen molar-refractivity contribution in [2.24, 2.45) is 0 Å². The van der Waals surface area contributed by atoms with Crippen LogP contribution in [0.2, 0.25) is 0 Å². The van der Waals surface area contributed by atoms with Gasteiger partial charge in [0, 0.05) is 6.04 Å². The van der Waals surface area contributed by atoms with E-state index in [0.29, 0.717) is 0 Å². The molecule has 2 aliphatic carbocycles. The Balaban J connectivity index is 1.88. The van der Waals surface area contributed by atoms with Crippen molar-refractivity contribution in [1.29, 1.82) is 0 Å². The van der Waals surface area contributed by atoms with Crippen molar-refractivity contribution in [2.75, 3.05) is 0 Å². The molecule has 0 aromatic carbocycles. The van der Waals surface area contributed by atoms with Crippen LogP contribution < -0.4 is 5.32 Å². The molecule has 1 aromatic heterocycles. The first-order valence-electron chi connectivity index (χ1n) is 5.83. The Labute approximate surface area is 97.0 Å². The van der Waals surface area contributed by atoms with Crippen LogP contribution in [-0.2, 0) is 0 Å². The second-order valence-corrected chi connectivity index (χ2v) is 4.67. The number of carbonyl (C=O) groups excluding carboxylic acids is 1. The van der Waals surface area contributed by atoms with E-state index in [1.54, 1.807) is 0 Å². The third kappa shape index (κ3) is 2.03. The molecule has 0 bridgehead atoms. The predicted molar refractivity (Wildman–Crippen MR) is 55.9 cm³/mol. The summed E-state index contributed by atoms with van der Waals surface area (Å²) in [6, 6.07) is 0.221. The van der Waals surface area contributed by atoms with Gasteiger partial charge in [-0.1, -0.05) is 0 Å². The van der Waals surface area contributed by atoms with Gasteiger partial charge in [-0.25, -0.2) is 8.78 Å². The normalized spacial score (nSPS) is 19.7. The quantitative estimate of drug-likeness (QED) is 0.876. The molecular formula is C11H13F2N3O. The summed E-state index contributed by atoms with van der Waals surface area (Å²) in [5.74, 6) is -0.422. The van der Waals surface area contributed by atoms with Gasteiger partial charge in [0.2, 0.25) is 0 Å². The Morgan fingerprint density at radius 1 is 1.41 bits per heavy atom. The Morgan fingerprint density at radius 3 is 2.65 bits per heavy atom. The number of hydrogen-bond donors (Lipinski definition) is 1. The van der Waals surface area contributed by atoms with Crippen LogP contribution in [0.4, 0.5) is 8.78 Å². The molecule has 6 heteroatoms. The molecule has 0 saturated heterocycles. The zero-order chi connectivity index (χ0) is 12.0. The van der Waals surface area contributed by atoms with Gasteiger partial charge in [-0.3, -0.25) is 9.48 Å². The van der Waals surface area contributed by atoms with Crippen LogP contribution in [0.3, 0.4) is 0 Å². The number of aromatic nitrogens is 2. The van der Waals surface area contributed by atoms with E-state index in [-0.39, 0.29) is 23.3 Å². The van der Waals surface area contributed by atoms with Crippen LogP contribution in [0.25, 0.3) is 0 Å². The van der Waals surface area contributed by atoms with E-state index >= 15 is 0 Å². The van der Waals surface area contributed by atoms with E-state index in [0.717, 1.165) is 25.7 Å². The summed E-state index contributed by atoms with van der Waals surface area (Å²) >= 11 is 0. The fourth-order valence-corrected chi connectivity index (χ4v) is 1.87. The van der Waals surface area contributed by atoms with Crippen LogP contribution in [0.5, 0.6) is 0 Å².